The van der Waals surface area contributed by atoms with Gasteiger partial charge < -0.3 is 10.1 Å². The minimum Gasteiger partial charge on any atom is -0.444 e. The van der Waals surface area contributed by atoms with Crippen LogP contribution in [0.3, 0.4) is 0 Å². The highest BCUT2D eigenvalue weighted by atomic mass is 19.4. The van der Waals surface area contributed by atoms with E-state index >= 15 is 0 Å². The first kappa shape index (κ1) is 17.3. The van der Waals surface area contributed by atoms with Gasteiger partial charge in [-0.1, -0.05) is 25.1 Å². The van der Waals surface area contributed by atoms with E-state index in [0.29, 0.717) is 5.56 Å². The molecule has 0 heterocycles. The Labute approximate surface area is 122 Å². The van der Waals surface area contributed by atoms with Gasteiger partial charge in [-0.15, -0.1) is 0 Å². The number of hydrogen-bond donors (Lipinski definition) is 1. The molecule has 0 aliphatic carbocycles. The van der Waals surface area contributed by atoms with Crippen LogP contribution in [0, 0.1) is 0 Å². The molecule has 118 valence electrons. The molecule has 1 aromatic carbocycles. The Hall–Kier alpha value is -1.72. The van der Waals surface area contributed by atoms with E-state index in [1.165, 1.54) is 6.07 Å². The summed E-state index contributed by atoms with van der Waals surface area (Å²) >= 11 is 0. The van der Waals surface area contributed by atoms with Crippen molar-refractivity contribution in [2.24, 2.45) is 0 Å². The number of alkyl halides is 3. The van der Waals surface area contributed by atoms with Crippen LogP contribution in [-0.4, -0.2) is 18.2 Å². The van der Waals surface area contributed by atoms with Crippen molar-refractivity contribution in [3.05, 3.63) is 35.4 Å². The average molecular weight is 303 g/mol. The van der Waals surface area contributed by atoms with Gasteiger partial charge in [0, 0.05) is 6.54 Å². The van der Waals surface area contributed by atoms with Crippen molar-refractivity contribution in [2.45, 2.75) is 45.4 Å². The third-order valence-corrected chi connectivity index (χ3v) is 2.73. The summed E-state index contributed by atoms with van der Waals surface area (Å²) in [6.07, 6.45) is -4.95. The van der Waals surface area contributed by atoms with E-state index < -0.39 is 23.4 Å². The molecule has 0 bridgehead atoms. The summed E-state index contributed by atoms with van der Waals surface area (Å²) in [4.78, 5) is 11.5. The lowest BCUT2D eigenvalue weighted by atomic mass is 9.99. The maximum atomic E-state index is 12.6. The van der Waals surface area contributed by atoms with Gasteiger partial charge in [-0.25, -0.2) is 4.79 Å². The van der Waals surface area contributed by atoms with Crippen LogP contribution in [0.4, 0.5) is 18.0 Å². The zero-order valence-corrected chi connectivity index (χ0v) is 12.5. The maximum absolute atomic E-state index is 12.6. The summed E-state index contributed by atoms with van der Waals surface area (Å²) in [6.45, 7) is 7.16. The molecule has 0 radical (unpaired) electrons. The summed E-state index contributed by atoms with van der Waals surface area (Å²) in [5.41, 5.74) is -0.784. The van der Waals surface area contributed by atoms with Gasteiger partial charge in [-0.05, 0) is 38.3 Å². The molecule has 0 aliphatic heterocycles. The van der Waals surface area contributed by atoms with Crippen LogP contribution in [0.5, 0.6) is 0 Å². The average Bonchev–Trinajstić information content (AvgIpc) is 2.33. The number of alkyl carbamates (subject to hydrolysis) is 1. The molecule has 21 heavy (non-hydrogen) atoms. The molecule has 1 amide bonds. The van der Waals surface area contributed by atoms with Crippen molar-refractivity contribution >= 4 is 6.09 Å². The summed E-state index contributed by atoms with van der Waals surface area (Å²) in [6, 6.07) is 5.10. The quantitative estimate of drug-likeness (QED) is 0.902. The Kier molecular flexibility index (Phi) is 5.25. The highest BCUT2D eigenvalue weighted by Crippen LogP contribution is 2.30. The number of hydrogen-bond acceptors (Lipinski definition) is 2. The molecule has 6 heteroatoms. The Morgan fingerprint density at radius 2 is 1.90 bits per heavy atom. The summed E-state index contributed by atoms with van der Waals surface area (Å²) in [5.74, 6) is -0.250. The minimum absolute atomic E-state index is 0.205. The second kappa shape index (κ2) is 6.37. The zero-order valence-electron chi connectivity index (χ0n) is 12.5. The zero-order chi connectivity index (χ0) is 16.3. The van der Waals surface area contributed by atoms with Crippen LogP contribution in [0.2, 0.25) is 0 Å². The van der Waals surface area contributed by atoms with Gasteiger partial charge in [-0.2, -0.15) is 13.2 Å². The monoisotopic (exact) mass is 303 g/mol. The molecule has 1 aromatic rings. The van der Waals surface area contributed by atoms with E-state index in [0.717, 1.165) is 12.1 Å². The van der Waals surface area contributed by atoms with E-state index in [2.05, 4.69) is 5.32 Å². The number of amides is 1. The highest BCUT2D eigenvalue weighted by molar-refractivity contribution is 5.67. The molecular formula is C15H20F3NO2. The minimum atomic E-state index is -4.37. The largest absolute Gasteiger partial charge is 0.444 e. The Balaban J connectivity index is 2.64. The van der Waals surface area contributed by atoms with Gasteiger partial charge >= 0.3 is 12.3 Å². The molecule has 1 atom stereocenters. The molecule has 1 N–H and O–H groups in total. The van der Waals surface area contributed by atoms with Crippen LogP contribution in [0.25, 0.3) is 0 Å². The van der Waals surface area contributed by atoms with Gasteiger partial charge in [0.2, 0.25) is 0 Å². The molecule has 0 unspecified atom stereocenters. The standard InChI is InChI=1S/C15H20F3NO2/c1-10(9-19-13(20)21-14(2,3)4)11-6-5-7-12(8-11)15(16,17)18/h5-8,10H,9H2,1-4H3,(H,19,20)/t10-/m1/s1. The summed E-state index contributed by atoms with van der Waals surface area (Å²) in [7, 11) is 0. The lowest BCUT2D eigenvalue weighted by molar-refractivity contribution is -0.137. The normalized spacial score (nSPS) is 13.7. The van der Waals surface area contributed by atoms with Crippen molar-refractivity contribution in [3.63, 3.8) is 0 Å². The molecule has 3 nitrogen and oxygen atoms in total. The lowest BCUT2D eigenvalue weighted by Crippen LogP contribution is -2.34. The van der Waals surface area contributed by atoms with Gasteiger partial charge in [0.1, 0.15) is 5.60 Å². The molecule has 0 saturated carbocycles. The van der Waals surface area contributed by atoms with Crippen molar-refractivity contribution in [1.82, 2.24) is 5.32 Å². The van der Waals surface area contributed by atoms with Crippen LogP contribution in [0.15, 0.2) is 24.3 Å². The fourth-order valence-corrected chi connectivity index (χ4v) is 1.69. The number of nitrogens with one attached hydrogen (secondary N) is 1. The molecule has 1 rings (SSSR count). The van der Waals surface area contributed by atoms with Gasteiger partial charge in [0.15, 0.2) is 0 Å². The van der Waals surface area contributed by atoms with Crippen molar-refractivity contribution in [3.8, 4) is 0 Å². The number of carbonyl (C=O) groups is 1. The number of halogens is 3. The second-order valence-corrected chi connectivity index (χ2v) is 5.91. The Morgan fingerprint density at radius 1 is 1.29 bits per heavy atom. The van der Waals surface area contributed by atoms with Gasteiger partial charge in [-0.3, -0.25) is 0 Å². The van der Waals surface area contributed by atoms with E-state index in [4.69, 9.17) is 4.74 Å². The smallest absolute Gasteiger partial charge is 0.416 e. The molecule has 0 fully saturated rings. The molecule has 0 aromatic heterocycles. The Morgan fingerprint density at radius 3 is 2.43 bits per heavy atom. The SMILES string of the molecule is C[C@H](CNC(=O)OC(C)(C)C)c1cccc(C(F)(F)F)c1. The van der Waals surface area contributed by atoms with Crippen LogP contribution >= 0.6 is 0 Å². The van der Waals surface area contributed by atoms with Crippen LogP contribution in [-0.2, 0) is 10.9 Å². The lowest BCUT2D eigenvalue weighted by Gasteiger charge is -2.21. The van der Waals surface area contributed by atoms with E-state index in [9.17, 15) is 18.0 Å². The van der Waals surface area contributed by atoms with E-state index in [1.54, 1.807) is 33.8 Å². The first-order valence-electron chi connectivity index (χ1n) is 6.63. The van der Waals surface area contributed by atoms with E-state index in [-0.39, 0.29) is 12.5 Å². The van der Waals surface area contributed by atoms with Crippen molar-refractivity contribution in [1.29, 1.82) is 0 Å². The van der Waals surface area contributed by atoms with E-state index in [1.807, 2.05) is 0 Å². The number of rotatable bonds is 3. The fourth-order valence-electron chi connectivity index (χ4n) is 1.69. The fraction of sp³-hybridized carbons (Fsp3) is 0.533. The predicted molar refractivity (Wildman–Crippen MR) is 74.1 cm³/mol. The molecular weight excluding hydrogens is 283 g/mol. The summed E-state index contributed by atoms with van der Waals surface area (Å²) < 4.78 is 43.0. The highest BCUT2D eigenvalue weighted by Gasteiger charge is 2.30. The molecule has 0 saturated heterocycles. The molecule has 0 aliphatic rings. The van der Waals surface area contributed by atoms with Gasteiger partial charge in [0.25, 0.3) is 0 Å². The maximum Gasteiger partial charge on any atom is 0.416 e. The second-order valence-electron chi connectivity index (χ2n) is 5.91. The number of carbonyl (C=O) groups excluding carboxylic acids is 1. The number of benzene rings is 1. The Bertz CT molecular complexity index is 492. The summed E-state index contributed by atoms with van der Waals surface area (Å²) in [5, 5.41) is 2.55. The van der Waals surface area contributed by atoms with Crippen molar-refractivity contribution in [2.75, 3.05) is 6.54 Å². The first-order valence-corrected chi connectivity index (χ1v) is 6.63. The number of ether oxygens (including phenoxy) is 1. The van der Waals surface area contributed by atoms with Crippen LogP contribution in [0.1, 0.15) is 44.7 Å². The van der Waals surface area contributed by atoms with Crippen molar-refractivity contribution < 1.29 is 22.7 Å². The topological polar surface area (TPSA) is 38.3 Å². The molecule has 0 spiro atoms. The first-order chi connectivity index (χ1) is 9.49. The van der Waals surface area contributed by atoms with Gasteiger partial charge in [0.05, 0.1) is 5.56 Å². The third kappa shape index (κ3) is 6.06. The third-order valence-electron chi connectivity index (χ3n) is 2.73. The predicted octanol–water partition coefficient (Wildman–Crippen LogP) is 4.33. The van der Waals surface area contributed by atoms with Crippen LogP contribution < -0.4 is 5.32 Å².